The van der Waals surface area contributed by atoms with E-state index in [-0.39, 0.29) is 47.6 Å². The van der Waals surface area contributed by atoms with Gasteiger partial charge in [-0.3, -0.25) is 0 Å². The van der Waals surface area contributed by atoms with Gasteiger partial charge in [0.1, 0.15) is 0 Å². The zero-order chi connectivity index (χ0) is 10.7. The molecule has 0 aromatic carbocycles. The molecule has 2 aliphatic rings. The zero-order valence-electron chi connectivity index (χ0n) is 10.3. The summed E-state index contributed by atoms with van der Waals surface area (Å²) in [6.07, 6.45) is 15.0. The summed E-state index contributed by atoms with van der Waals surface area (Å²) >= 11 is -0.359. The largest absolute Gasteiger partial charge is 0.147 e. The first-order valence-corrected chi connectivity index (χ1v) is 8.02. The van der Waals surface area contributed by atoms with Crippen LogP contribution in [0.2, 0.25) is 0 Å². The molecule has 0 amide bonds. The summed E-state index contributed by atoms with van der Waals surface area (Å²) in [5, 5.41) is 0. The van der Waals surface area contributed by atoms with Gasteiger partial charge < -0.3 is 0 Å². The molecule has 0 saturated carbocycles. The van der Waals surface area contributed by atoms with Crippen LogP contribution in [0.5, 0.6) is 0 Å². The van der Waals surface area contributed by atoms with Crippen molar-refractivity contribution in [3.05, 3.63) is 44.8 Å². The van der Waals surface area contributed by atoms with Crippen molar-refractivity contribution in [2.24, 2.45) is 0 Å². The standard InChI is InChI=1S/C11H11.C3H6.2ClH.Zr/c1-2-6-10(5-1)9-11-7-3-4-8-11;1-3-2;;;/h1-3,5,7H,4,6,9H2;1-2H3;2*1H;. The van der Waals surface area contributed by atoms with Gasteiger partial charge in [-0.15, -0.1) is 24.8 Å². The molecule has 0 saturated heterocycles. The number of halogens is 2. The van der Waals surface area contributed by atoms with Crippen LogP contribution in [0, 0.1) is 0 Å². The first-order valence-electron chi connectivity index (χ1n) is 5.56. The van der Waals surface area contributed by atoms with E-state index in [1.165, 1.54) is 19.3 Å². The zero-order valence-corrected chi connectivity index (χ0v) is 14.4. The molecule has 0 aromatic rings. The summed E-state index contributed by atoms with van der Waals surface area (Å²) in [5.41, 5.74) is 3.22. The molecular weight excluding hydrogens is 330 g/mol. The Morgan fingerprint density at radius 1 is 1.18 bits per heavy atom. The van der Waals surface area contributed by atoms with Crippen LogP contribution in [-0.2, 0) is 22.8 Å². The Labute approximate surface area is 128 Å². The van der Waals surface area contributed by atoms with Gasteiger partial charge in [0.05, 0.1) is 0 Å². The molecule has 2 rings (SSSR count). The summed E-state index contributed by atoms with van der Waals surface area (Å²) in [6.45, 7) is 4.59. The Balaban J connectivity index is 0.00000128. The molecule has 0 nitrogen and oxygen atoms in total. The molecule has 93 valence electrons. The van der Waals surface area contributed by atoms with Gasteiger partial charge in [-0.2, -0.15) is 0 Å². The van der Waals surface area contributed by atoms with Gasteiger partial charge in [-0.05, 0) is 0 Å². The van der Waals surface area contributed by atoms with E-state index in [4.69, 9.17) is 0 Å². The van der Waals surface area contributed by atoms with Crippen molar-refractivity contribution in [2.75, 3.05) is 0 Å². The van der Waals surface area contributed by atoms with Crippen molar-refractivity contribution < 1.29 is 22.8 Å². The summed E-state index contributed by atoms with van der Waals surface area (Å²) in [7, 11) is 0. The van der Waals surface area contributed by atoms with E-state index < -0.39 is 0 Å². The molecule has 2 aliphatic carbocycles. The van der Waals surface area contributed by atoms with Crippen molar-refractivity contribution in [3.63, 3.8) is 0 Å². The first-order chi connectivity index (χ1) is 7.25. The SMILES string of the molecule is C[C](C)=[Zr][C]1=C(CC2=CC=CC2)C=CC1.Cl.Cl. The fraction of sp³-hybridized carbons (Fsp3) is 0.357. The van der Waals surface area contributed by atoms with Crippen LogP contribution in [-0.4, -0.2) is 3.21 Å². The molecule has 0 fully saturated rings. The molecule has 0 unspecified atom stereocenters. The second-order valence-electron chi connectivity index (χ2n) is 4.37. The van der Waals surface area contributed by atoms with Gasteiger partial charge in [-0.1, -0.05) is 0 Å². The molecular formula is C14H19Cl2Zr. The number of hydrogen-bond donors (Lipinski definition) is 0. The number of allylic oxidation sites excluding steroid dienone is 8. The molecule has 0 bridgehead atoms. The predicted octanol–water partition coefficient (Wildman–Crippen LogP) is 4.62. The van der Waals surface area contributed by atoms with Gasteiger partial charge in [0.2, 0.25) is 0 Å². The first kappa shape index (κ1) is 17.3. The second kappa shape index (κ2) is 8.40. The Morgan fingerprint density at radius 3 is 2.53 bits per heavy atom. The maximum absolute atomic E-state index is 2.36. The van der Waals surface area contributed by atoms with Crippen molar-refractivity contribution in [2.45, 2.75) is 33.1 Å². The average molecular weight is 349 g/mol. The summed E-state index contributed by atoms with van der Waals surface area (Å²) in [6, 6.07) is 0. The van der Waals surface area contributed by atoms with E-state index in [1.54, 1.807) is 17.6 Å². The molecule has 0 heterocycles. The van der Waals surface area contributed by atoms with E-state index in [0.717, 1.165) is 0 Å². The molecule has 0 spiro atoms. The molecule has 3 heteroatoms. The van der Waals surface area contributed by atoms with Gasteiger partial charge in [0.25, 0.3) is 0 Å². The van der Waals surface area contributed by atoms with Crippen LogP contribution < -0.4 is 0 Å². The minimum atomic E-state index is -0.359. The third-order valence-corrected chi connectivity index (χ3v) is 5.96. The monoisotopic (exact) mass is 347 g/mol. The molecule has 0 N–H and O–H groups in total. The van der Waals surface area contributed by atoms with Gasteiger partial charge in [0, 0.05) is 0 Å². The van der Waals surface area contributed by atoms with Gasteiger partial charge in [-0.25, -0.2) is 0 Å². The molecule has 0 aliphatic heterocycles. The Morgan fingerprint density at radius 2 is 1.94 bits per heavy atom. The van der Waals surface area contributed by atoms with Crippen molar-refractivity contribution in [1.29, 1.82) is 0 Å². The maximum atomic E-state index is 2.36. The van der Waals surface area contributed by atoms with E-state index in [1.807, 2.05) is 0 Å². The predicted molar refractivity (Wildman–Crippen MR) is 78.1 cm³/mol. The quantitative estimate of drug-likeness (QED) is 0.698. The fourth-order valence-corrected chi connectivity index (χ4v) is 4.86. The molecule has 0 aromatic heterocycles. The number of hydrogen-bond acceptors (Lipinski definition) is 0. The van der Waals surface area contributed by atoms with Gasteiger partial charge in [0.15, 0.2) is 0 Å². The molecule has 0 atom stereocenters. The third-order valence-electron chi connectivity index (χ3n) is 2.70. The van der Waals surface area contributed by atoms with E-state index >= 15 is 0 Å². The van der Waals surface area contributed by atoms with E-state index in [9.17, 15) is 0 Å². The van der Waals surface area contributed by atoms with E-state index in [2.05, 4.69) is 44.2 Å². The number of rotatable bonds is 3. The van der Waals surface area contributed by atoms with Crippen LogP contribution >= 0.6 is 24.8 Å². The van der Waals surface area contributed by atoms with Crippen LogP contribution in [0.3, 0.4) is 0 Å². The van der Waals surface area contributed by atoms with Gasteiger partial charge >= 0.3 is 104 Å². The second-order valence-corrected chi connectivity index (χ2v) is 8.93. The smallest absolute Gasteiger partial charge is 0.147 e. The van der Waals surface area contributed by atoms with Crippen molar-refractivity contribution in [3.8, 4) is 0 Å². The minimum absolute atomic E-state index is 0. The Hall–Kier alpha value is 0.293. The van der Waals surface area contributed by atoms with Crippen LogP contribution in [0.4, 0.5) is 0 Å². The van der Waals surface area contributed by atoms with Crippen molar-refractivity contribution >= 4 is 28.0 Å². The molecule has 0 radical (unpaired) electrons. The van der Waals surface area contributed by atoms with Crippen LogP contribution in [0.25, 0.3) is 0 Å². The summed E-state index contributed by atoms with van der Waals surface area (Å²) in [4.78, 5) is 0. The minimum Gasteiger partial charge on any atom is -0.147 e. The topological polar surface area (TPSA) is 0 Å². The Bertz CT molecular complexity index is 408. The summed E-state index contributed by atoms with van der Waals surface area (Å²) in [5.74, 6) is 0. The molecule has 17 heavy (non-hydrogen) atoms. The normalized spacial score (nSPS) is 16.2. The van der Waals surface area contributed by atoms with Crippen LogP contribution in [0.1, 0.15) is 33.1 Å². The van der Waals surface area contributed by atoms with E-state index in [0.29, 0.717) is 0 Å². The van der Waals surface area contributed by atoms with Crippen molar-refractivity contribution in [1.82, 2.24) is 0 Å². The Kier molecular flexibility index (Phi) is 8.55. The third kappa shape index (κ3) is 5.20. The van der Waals surface area contributed by atoms with Crippen LogP contribution in [0.15, 0.2) is 44.8 Å². The fourth-order valence-electron chi connectivity index (χ4n) is 2.02. The summed E-state index contributed by atoms with van der Waals surface area (Å²) < 4.78 is 3.49. The maximum Gasteiger partial charge on any atom is -0.147 e. The average Bonchev–Trinajstić information content (AvgIpc) is 2.78.